The van der Waals surface area contributed by atoms with E-state index in [4.69, 9.17) is 0 Å². The van der Waals surface area contributed by atoms with Crippen LogP contribution in [0.3, 0.4) is 0 Å². The van der Waals surface area contributed by atoms with E-state index in [0.717, 1.165) is 19.6 Å². The Morgan fingerprint density at radius 3 is 2.94 bits per heavy atom. The fourth-order valence-electron chi connectivity index (χ4n) is 2.94. The number of fused-ring (bicyclic) bond motifs is 1. The van der Waals surface area contributed by atoms with Crippen molar-refractivity contribution in [1.29, 1.82) is 0 Å². The molecule has 0 spiro atoms. The van der Waals surface area contributed by atoms with Gasteiger partial charge < -0.3 is 15.2 Å². The van der Waals surface area contributed by atoms with Crippen LogP contribution < -0.4 is 10.9 Å². The highest BCUT2D eigenvalue weighted by atomic mass is 16.2. The number of hydrogen-bond acceptors (Lipinski definition) is 3. The summed E-state index contributed by atoms with van der Waals surface area (Å²) in [5.41, 5.74) is 0.386. The van der Waals surface area contributed by atoms with Crippen LogP contribution in [0, 0.1) is 5.92 Å². The molecule has 2 N–H and O–H groups in total. The number of aromatic nitrogens is 1. The molecule has 2 unspecified atom stereocenters. The molecule has 5 heteroatoms. The lowest BCUT2D eigenvalue weighted by Crippen LogP contribution is -2.41. The summed E-state index contributed by atoms with van der Waals surface area (Å²) in [6, 6.07) is 3.44. The summed E-state index contributed by atoms with van der Waals surface area (Å²) in [5, 5.41) is 3.47. The van der Waals surface area contributed by atoms with Gasteiger partial charge in [0.25, 0.3) is 5.91 Å². The molecule has 1 amide bonds. The predicted molar refractivity (Wildman–Crippen MR) is 67.5 cm³/mol. The maximum Gasteiger partial charge on any atom is 0.255 e. The molecule has 5 nitrogen and oxygen atoms in total. The summed E-state index contributed by atoms with van der Waals surface area (Å²) in [7, 11) is 0. The van der Waals surface area contributed by atoms with Crippen LogP contribution in [0.15, 0.2) is 23.1 Å². The SMILES string of the molecule is O=C(c1ccc(=O)[nH]c1)N1CC2CCCNC2C1. The van der Waals surface area contributed by atoms with Crippen LogP contribution in [-0.4, -0.2) is 41.5 Å². The molecule has 1 aromatic heterocycles. The summed E-state index contributed by atoms with van der Waals surface area (Å²) < 4.78 is 0. The summed E-state index contributed by atoms with van der Waals surface area (Å²) >= 11 is 0. The first kappa shape index (κ1) is 11.5. The van der Waals surface area contributed by atoms with Crippen LogP contribution in [0.25, 0.3) is 0 Å². The number of nitrogens with one attached hydrogen (secondary N) is 2. The Balaban J connectivity index is 1.74. The molecule has 2 aliphatic rings. The van der Waals surface area contributed by atoms with E-state index in [1.165, 1.54) is 25.1 Å². The van der Waals surface area contributed by atoms with Crippen molar-refractivity contribution in [1.82, 2.24) is 15.2 Å². The van der Waals surface area contributed by atoms with Crippen molar-refractivity contribution in [3.05, 3.63) is 34.2 Å². The van der Waals surface area contributed by atoms with E-state index in [9.17, 15) is 9.59 Å². The van der Waals surface area contributed by atoms with Crippen molar-refractivity contribution < 1.29 is 4.79 Å². The van der Waals surface area contributed by atoms with Gasteiger partial charge in [0.2, 0.25) is 5.56 Å². The van der Waals surface area contributed by atoms with Crippen molar-refractivity contribution in [3.8, 4) is 0 Å². The molecule has 2 aliphatic heterocycles. The normalized spacial score (nSPS) is 27.0. The van der Waals surface area contributed by atoms with Crippen molar-refractivity contribution in [3.63, 3.8) is 0 Å². The maximum absolute atomic E-state index is 12.3. The van der Waals surface area contributed by atoms with Crippen molar-refractivity contribution >= 4 is 5.91 Å². The predicted octanol–water partition coefficient (Wildman–Crippen LogP) is 0.199. The van der Waals surface area contributed by atoms with Crippen molar-refractivity contribution in [2.24, 2.45) is 5.92 Å². The van der Waals surface area contributed by atoms with E-state index in [1.807, 2.05) is 4.90 Å². The minimum Gasteiger partial charge on any atom is -0.337 e. The Morgan fingerprint density at radius 2 is 2.22 bits per heavy atom. The van der Waals surface area contributed by atoms with Crippen LogP contribution >= 0.6 is 0 Å². The summed E-state index contributed by atoms with van der Waals surface area (Å²) in [4.78, 5) is 27.7. The Morgan fingerprint density at radius 1 is 1.33 bits per heavy atom. The van der Waals surface area contributed by atoms with Gasteiger partial charge >= 0.3 is 0 Å². The topological polar surface area (TPSA) is 65.2 Å². The fourth-order valence-corrected chi connectivity index (χ4v) is 2.94. The molecule has 0 saturated carbocycles. The van der Waals surface area contributed by atoms with Gasteiger partial charge in [-0.15, -0.1) is 0 Å². The van der Waals surface area contributed by atoms with E-state index in [1.54, 1.807) is 6.07 Å². The van der Waals surface area contributed by atoms with Gasteiger partial charge in [-0.2, -0.15) is 0 Å². The number of carbonyl (C=O) groups excluding carboxylic acids is 1. The minimum absolute atomic E-state index is 0.0162. The van der Waals surface area contributed by atoms with Crippen LogP contribution in [0.2, 0.25) is 0 Å². The summed E-state index contributed by atoms with van der Waals surface area (Å²) in [6.45, 7) is 2.67. The van der Waals surface area contributed by atoms with E-state index in [2.05, 4.69) is 10.3 Å². The van der Waals surface area contributed by atoms with Crippen molar-refractivity contribution in [2.75, 3.05) is 19.6 Å². The van der Waals surface area contributed by atoms with E-state index in [-0.39, 0.29) is 11.5 Å². The quantitative estimate of drug-likeness (QED) is 0.745. The number of aromatic amines is 1. The molecule has 2 atom stereocenters. The molecule has 0 bridgehead atoms. The Labute approximate surface area is 105 Å². The van der Waals surface area contributed by atoms with Crippen LogP contribution in [0.5, 0.6) is 0 Å². The molecular weight excluding hydrogens is 230 g/mol. The highest BCUT2D eigenvalue weighted by Crippen LogP contribution is 2.25. The molecule has 0 aromatic carbocycles. The molecular formula is C13H17N3O2. The fraction of sp³-hybridized carbons (Fsp3) is 0.538. The lowest BCUT2D eigenvalue weighted by atomic mass is 9.94. The zero-order valence-electron chi connectivity index (χ0n) is 10.2. The molecule has 0 aliphatic carbocycles. The number of likely N-dealkylation sites (tertiary alicyclic amines) is 1. The standard InChI is InChI=1S/C13H17N3O2/c17-12-4-3-9(6-15-12)13(18)16-7-10-2-1-5-14-11(10)8-16/h3-4,6,10-11,14H,1-2,5,7-8H2,(H,15,17). The molecule has 18 heavy (non-hydrogen) atoms. The number of piperidine rings is 1. The van der Waals surface area contributed by atoms with Crippen LogP contribution in [0.4, 0.5) is 0 Å². The van der Waals surface area contributed by atoms with E-state index < -0.39 is 0 Å². The highest BCUT2D eigenvalue weighted by Gasteiger charge is 2.36. The third kappa shape index (κ3) is 2.06. The van der Waals surface area contributed by atoms with Gasteiger partial charge in [-0.25, -0.2) is 0 Å². The molecule has 0 radical (unpaired) electrons. The van der Waals surface area contributed by atoms with E-state index >= 15 is 0 Å². The van der Waals surface area contributed by atoms with Crippen molar-refractivity contribution in [2.45, 2.75) is 18.9 Å². The zero-order valence-corrected chi connectivity index (χ0v) is 10.2. The molecule has 3 heterocycles. The van der Waals surface area contributed by atoms with Gasteiger partial charge in [0, 0.05) is 31.4 Å². The minimum atomic E-state index is -0.177. The molecule has 3 rings (SSSR count). The number of carbonyl (C=O) groups is 1. The summed E-state index contributed by atoms with van der Waals surface area (Å²) in [6.07, 6.45) is 3.90. The number of hydrogen-bond donors (Lipinski definition) is 2. The van der Waals surface area contributed by atoms with Crippen LogP contribution in [-0.2, 0) is 0 Å². The first-order chi connectivity index (χ1) is 8.74. The molecule has 96 valence electrons. The smallest absolute Gasteiger partial charge is 0.255 e. The Hall–Kier alpha value is -1.62. The van der Waals surface area contributed by atoms with Gasteiger partial charge in [-0.1, -0.05) is 0 Å². The third-order valence-electron chi connectivity index (χ3n) is 3.92. The Kier molecular flexibility index (Phi) is 2.91. The van der Waals surface area contributed by atoms with Gasteiger partial charge in [-0.05, 0) is 31.4 Å². The molecule has 1 aromatic rings. The number of H-pyrrole nitrogens is 1. The molecule has 2 saturated heterocycles. The number of pyridine rings is 1. The zero-order chi connectivity index (χ0) is 12.5. The van der Waals surface area contributed by atoms with Gasteiger partial charge in [0.15, 0.2) is 0 Å². The maximum atomic E-state index is 12.3. The molecule has 2 fully saturated rings. The third-order valence-corrected chi connectivity index (χ3v) is 3.92. The largest absolute Gasteiger partial charge is 0.337 e. The lowest BCUT2D eigenvalue weighted by molar-refractivity contribution is 0.0785. The lowest BCUT2D eigenvalue weighted by Gasteiger charge is -2.24. The average molecular weight is 247 g/mol. The number of amides is 1. The van der Waals surface area contributed by atoms with Gasteiger partial charge in [0.1, 0.15) is 0 Å². The monoisotopic (exact) mass is 247 g/mol. The highest BCUT2D eigenvalue weighted by molar-refractivity contribution is 5.94. The van der Waals surface area contributed by atoms with Gasteiger partial charge in [-0.3, -0.25) is 9.59 Å². The van der Waals surface area contributed by atoms with Gasteiger partial charge in [0.05, 0.1) is 5.56 Å². The number of rotatable bonds is 1. The van der Waals surface area contributed by atoms with E-state index in [0.29, 0.717) is 17.5 Å². The summed E-state index contributed by atoms with van der Waals surface area (Å²) in [5.74, 6) is 0.605. The Bertz CT molecular complexity index is 477. The second kappa shape index (κ2) is 4.57. The second-order valence-corrected chi connectivity index (χ2v) is 5.11. The number of nitrogens with zero attached hydrogens (tertiary/aromatic N) is 1. The second-order valence-electron chi connectivity index (χ2n) is 5.11. The average Bonchev–Trinajstić information content (AvgIpc) is 2.82. The first-order valence-corrected chi connectivity index (χ1v) is 6.45. The first-order valence-electron chi connectivity index (χ1n) is 6.45. The van der Waals surface area contributed by atoms with Crippen LogP contribution in [0.1, 0.15) is 23.2 Å².